The zero-order valence-electron chi connectivity index (χ0n) is 8.27. The summed E-state index contributed by atoms with van der Waals surface area (Å²) < 4.78 is 0. The van der Waals surface area contributed by atoms with Gasteiger partial charge in [-0.1, -0.05) is 0 Å². The molecule has 70 valence electrons. The molecule has 0 unspecified atom stereocenters. The molecular weight excluding hydrogens is 148 g/mol. The van der Waals surface area contributed by atoms with E-state index < -0.39 is 0 Å². The highest BCUT2D eigenvalue weighted by atomic mass is 15.3. The van der Waals surface area contributed by atoms with Crippen molar-refractivity contribution in [1.29, 1.82) is 0 Å². The molecule has 2 nitrogen and oxygen atoms in total. The zero-order chi connectivity index (χ0) is 8.60. The van der Waals surface area contributed by atoms with Crippen molar-refractivity contribution in [3.05, 3.63) is 0 Å². The molecule has 0 bridgehead atoms. The van der Waals surface area contributed by atoms with Gasteiger partial charge in [0.1, 0.15) is 0 Å². The Balaban J connectivity index is 2.00. The molecule has 2 saturated heterocycles. The first-order valence-electron chi connectivity index (χ1n) is 5.23. The lowest BCUT2D eigenvalue weighted by molar-refractivity contribution is 0.114. The maximum Gasteiger partial charge on any atom is 0.0686 e. The van der Waals surface area contributed by atoms with E-state index in [1.807, 2.05) is 0 Å². The summed E-state index contributed by atoms with van der Waals surface area (Å²) in [5.74, 6) is 0. The highest BCUT2D eigenvalue weighted by Crippen LogP contribution is 2.29. The van der Waals surface area contributed by atoms with Crippen molar-refractivity contribution >= 4 is 0 Å². The summed E-state index contributed by atoms with van der Waals surface area (Å²) in [6.07, 6.45) is 5.46. The molecule has 12 heavy (non-hydrogen) atoms. The first kappa shape index (κ1) is 8.52. The average molecular weight is 168 g/mol. The van der Waals surface area contributed by atoms with Crippen LogP contribution in [0.4, 0.5) is 0 Å². The standard InChI is InChI=1S/C10H20N2/c1-9-5-6-10(2,11-9)12-7-3-4-8-12/h9,11H,3-8H2,1-2H3/t9-,10-/m0/s1. The third kappa shape index (κ3) is 1.38. The van der Waals surface area contributed by atoms with Crippen LogP contribution >= 0.6 is 0 Å². The highest BCUT2D eigenvalue weighted by molar-refractivity contribution is 4.94. The smallest absolute Gasteiger partial charge is 0.0686 e. The molecule has 2 aliphatic rings. The summed E-state index contributed by atoms with van der Waals surface area (Å²) in [6.45, 7) is 7.26. The molecule has 0 aromatic heterocycles. The molecule has 2 aliphatic heterocycles. The lowest BCUT2D eigenvalue weighted by atomic mass is 10.1. The van der Waals surface area contributed by atoms with Crippen molar-refractivity contribution in [2.75, 3.05) is 13.1 Å². The van der Waals surface area contributed by atoms with Gasteiger partial charge in [-0.2, -0.15) is 0 Å². The molecule has 0 amide bonds. The third-order valence-corrected chi connectivity index (χ3v) is 3.43. The van der Waals surface area contributed by atoms with Crippen LogP contribution in [-0.4, -0.2) is 29.7 Å². The van der Waals surface area contributed by atoms with Gasteiger partial charge in [0.15, 0.2) is 0 Å². The van der Waals surface area contributed by atoms with E-state index in [0.717, 1.165) is 6.04 Å². The summed E-state index contributed by atoms with van der Waals surface area (Å²) in [4.78, 5) is 2.62. The summed E-state index contributed by atoms with van der Waals surface area (Å²) in [5.41, 5.74) is 0.329. The molecule has 2 fully saturated rings. The SMILES string of the molecule is C[C@H]1CC[C@](C)(N2CCCC2)N1. The molecule has 0 radical (unpaired) electrons. The normalized spacial score (nSPS) is 44.0. The topological polar surface area (TPSA) is 15.3 Å². The van der Waals surface area contributed by atoms with Gasteiger partial charge >= 0.3 is 0 Å². The van der Waals surface area contributed by atoms with E-state index in [4.69, 9.17) is 0 Å². The van der Waals surface area contributed by atoms with Crippen molar-refractivity contribution in [3.63, 3.8) is 0 Å². The molecule has 0 aromatic rings. The van der Waals surface area contributed by atoms with Crippen LogP contribution in [0.1, 0.15) is 39.5 Å². The number of hydrogen-bond donors (Lipinski definition) is 1. The van der Waals surface area contributed by atoms with Gasteiger partial charge in [0, 0.05) is 6.04 Å². The van der Waals surface area contributed by atoms with Gasteiger partial charge in [-0.15, -0.1) is 0 Å². The molecule has 0 aliphatic carbocycles. The fourth-order valence-electron chi connectivity index (χ4n) is 2.63. The Morgan fingerprint density at radius 2 is 2.00 bits per heavy atom. The lowest BCUT2D eigenvalue weighted by Crippen LogP contribution is -2.53. The number of nitrogens with one attached hydrogen (secondary N) is 1. The molecule has 0 spiro atoms. The average Bonchev–Trinajstić information content (AvgIpc) is 2.59. The van der Waals surface area contributed by atoms with E-state index in [-0.39, 0.29) is 0 Å². The molecule has 2 heterocycles. The van der Waals surface area contributed by atoms with Crippen LogP contribution in [0.15, 0.2) is 0 Å². The highest BCUT2D eigenvalue weighted by Gasteiger charge is 2.38. The summed E-state index contributed by atoms with van der Waals surface area (Å²) in [7, 11) is 0. The quantitative estimate of drug-likeness (QED) is 0.639. The predicted octanol–water partition coefficient (Wildman–Crippen LogP) is 1.57. The fourth-order valence-corrected chi connectivity index (χ4v) is 2.63. The molecule has 0 saturated carbocycles. The Morgan fingerprint density at radius 3 is 2.50 bits per heavy atom. The zero-order valence-corrected chi connectivity index (χ0v) is 8.27. The van der Waals surface area contributed by atoms with E-state index in [2.05, 4.69) is 24.1 Å². The van der Waals surface area contributed by atoms with Gasteiger partial charge < -0.3 is 0 Å². The summed E-state index contributed by atoms with van der Waals surface area (Å²) in [6, 6.07) is 0.718. The second kappa shape index (κ2) is 3.00. The van der Waals surface area contributed by atoms with Gasteiger partial charge in [-0.25, -0.2) is 0 Å². The van der Waals surface area contributed by atoms with Crippen molar-refractivity contribution in [3.8, 4) is 0 Å². The molecule has 2 atom stereocenters. The maximum absolute atomic E-state index is 3.70. The van der Waals surface area contributed by atoms with Gasteiger partial charge in [0.2, 0.25) is 0 Å². The minimum absolute atomic E-state index is 0.329. The second-order valence-corrected chi connectivity index (χ2v) is 4.55. The van der Waals surface area contributed by atoms with Crippen LogP contribution in [0.5, 0.6) is 0 Å². The Kier molecular flexibility index (Phi) is 2.13. The van der Waals surface area contributed by atoms with E-state index in [1.54, 1.807) is 0 Å². The van der Waals surface area contributed by atoms with Gasteiger partial charge in [0.05, 0.1) is 5.66 Å². The van der Waals surface area contributed by atoms with Crippen LogP contribution in [0.3, 0.4) is 0 Å². The van der Waals surface area contributed by atoms with Gasteiger partial charge in [-0.05, 0) is 52.6 Å². The van der Waals surface area contributed by atoms with E-state index >= 15 is 0 Å². The van der Waals surface area contributed by atoms with E-state index in [1.165, 1.54) is 38.8 Å². The van der Waals surface area contributed by atoms with Crippen LogP contribution in [-0.2, 0) is 0 Å². The Hall–Kier alpha value is -0.0800. The van der Waals surface area contributed by atoms with Crippen molar-refractivity contribution < 1.29 is 0 Å². The van der Waals surface area contributed by atoms with E-state index in [9.17, 15) is 0 Å². The fraction of sp³-hybridized carbons (Fsp3) is 1.00. The Labute approximate surface area is 75.3 Å². The Bertz CT molecular complexity index is 163. The third-order valence-electron chi connectivity index (χ3n) is 3.43. The first-order valence-corrected chi connectivity index (χ1v) is 5.23. The minimum Gasteiger partial charge on any atom is -0.297 e. The number of rotatable bonds is 1. The number of hydrogen-bond acceptors (Lipinski definition) is 2. The number of likely N-dealkylation sites (tertiary alicyclic amines) is 1. The molecule has 0 aromatic carbocycles. The Morgan fingerprint density at radius 1 is 1.33 bits per heavy atom. The molecular formula is C10H20N2. The summed E-state index contributed by atoms with van der Waals surface area (Å²) >= 11 is 0. The van der Waals surface area contributed by atoms with Gasteiger partial charge in [-0.3, -0.25) is 10.2 Å². The maximum atomic E-state index is 3.70. The van der Waals surface area contributed by atoms with Crippen LogP contribution in [0, 0.1) is 0 Å². The van der Waals surface area contributed by atoms with Crippen molar-refractivity contribution in [2.45, 2.75) is 51.2 Å². The van der Waals surface area contributed by atoms with Crippen molar-refractivity contribution in [1.82, 2.24) is 10.2 Å². The number of nitrogens with zero attached hydrogens (tertiary/aromatic N) is 1. The lowest BCUT2D eigenvalue weighted by Gasteiger charge is -2.36. The van der Waals surface area contributed by atoms with Gasteiger partial charge in [0.25, 0.3) is 0 Å². The molecule has 1 N–H and O–H groups in total. The monoisotopic (exact) mass is 168 g/mol. The van der Waals surface area contributed by atoms with Crippen molar-refractivity contribution in [2.24, 2.45) is 0 Å². The van der Waals surface area contributed by atoms with Crippen LogP contribution in [0.2, 0.25) is 0 Å². The first-order chi connectivity index (χ1) is 5.71. The second-order valence-electron chi connectivity index (χ2n) is 4.55. The van der Waals surface area contributed by atoms with E-state index in [0.29, 0.717) is 5.66 Å². The molecule has 2 rings (SSSR count). The molecule has 2 heteroatoms. The minimum atomic E-state index is 0.329. The predicted molar refractivity (Wildman–Crippen MR) is 51.0 cm³/mol. The van der Waals surface area contributed by atoms with Crippen LogP contribution < -0.4 is 5.32 Å². The largest absolute Gasteiger partial charge is 0.297 e. The summed E-state index contributed by atoms with van der Waals surface area (Å²) in [5, 5.41) is 3.70. The van der Waals surface area contributed by atoms with Crippen LogP contribution in [0.25, 0.3) is 0 Å².